The monoisotopic (exact) mass is 474 g/mol. The molecule has 0 fully saturated rings. The first-order valence-electron chi connectivity index (χ1n) is 12.2. The lowest BCUT2D eigenvalue weighted by atomic mass is 10.1. The maximum atomic E-state index is 13.7. The number of para-hydroxylation sites is 1. The van der Waals surface area contributed by atoms with Crippen molar-refractivity contribution in [2.75, 3.05) is 38.1 Å². The molecule has 3 aromatic rings. The molecule has 0 N–H and O–H groups in total. The van der Waals surface area contributed by atoms with E-state index in [9.17, 15) is 9.59 Å². The van der Waals surface area contributed by atoms with E-state index in [0.29, 0.717) is 31.6 Å². The van der Waals surface area contributed by atoms with Gasteiger partial charge in [0.1, 0.15) is 12.7 Å². The molecule has 2 aromatic carbocycles. The van der Waals surface area contributed by atoms with Crippen molar-refractivity contribution in [1.82, 2.24) is 24.6 Å². The number of anilines is 1. The minimum Gasteiger partial charge on any atom is -0.333 e. The summed E-state index contributed by atoms with van der Waals surface area (Å²) >= 11 is 0. The number of nitrogens with zero attached hydrogens (tertiary/aromatic N) is 6. The van der Waals surface area contributed by atoms with Gasteiger partial charge in [0.15, 0.2) is 0 Å². The molecule has 2 heterocycles. The Morgan fingerprint density at radius 1 is 0.943 bits per heavy atom. The van der Waals surface area contributed by atoms with Gasteiger partial charge in [-0.1, -0.05) is 38.1 Å². The van der Waals surface area contributed by atoms with Crippen molar-refractivity contribution in [3.63, 3.8) is 0 Å². The first kappa shape index (κ1) is 24.6. The van der Waals surface area contributed by atoms with Gasteiger partial charge in [-0.05, 0) is 55.8 Å². The van der Waals surface area contributed by atoms with E-state index in [1.807, 2.05) is 58.3 Å². The Kier molecular flexibility index (Phi) is 7.92. The lowest BCUT2D eigenvalue weighted by molar-refractivity contribution is -0.119. The maximum absolute atomic E-state index is 13.7. The number of hydrogen-bond acceptors (Lipinski definition) is 5. The Bertz CT molecular complexity index is 1140. The van der Waals surface area contributed by atoms with Crippen molar-refractivity contribution in [3.8, 4) is 5.69 Å². The van der Waals surface area contributed by atoms with Crippen LogP contribution in [0.15, 0.2) is 61.2 Å². The summed E-state index contributed by atoms with van der Waals surface area (Å²) in [6, 6.07) is 15.5. The standard InChI is InChI=1S/C27H34N6O2/c1-21(2)16-26(34)33-13-7-12-30(3)14-15-31(18-23-8-4-5-11-25(23)33)27(35)22-9-6-10-24(17-22)32-19-28-29-20-32/h4-6,8-11,17,19-21H,7,12-16,18H2,1-3H3. The first-order chi connectivity index (χ1) is 16.9. The van der Waals surface area contributed by atoms with Gasteiger partial charge in [-0.3, -0.25) is 14.2 Å². The van der Waals surface area contributed by atoms with Crippen molar-refractivity contribution in [2.24, 2.45) is 5.92 Å². The van der Waals surface area contributed by atoms with Gasteiger partial charge in [-0.25, -0.2) is 0 Å². The lowest BCUT2D eigenvalue weighted by Crippen LogP contribution is -2.37. The molecule has 2 amide bonds. The Balaban J connectivity index is 1.67. The van der Waals surface area contributed by atoms with Crippen LogP contribution in [0.4, 0.5) is 5.69 Å². The topological polar surface area (TPSA) is 74.6 Å². The lowest BCUT2D eigenvalue weighted by Gasteiger charge is -2.28. The van der Waals surface area contributed by atoms with E-state index in [4.69, 9.17) is 0 Å². The van der Waals surface area contributed by atoms with E-state index in [2.05, 4.69) is 36.0 Å². The normalized spacial score (nSPS) is 15.5. The smallest absolute Gasteiger partial charge is 0.254 e. The zero-order chi connectivity index (χ0) is 24.8. The van der Waals surface area contributed by atoms with E-state index < -0.39 is 0 Å². The summed E-state index contributed by atoms with van der Waals surface area (Å²) in [6.07, 6.45) is 4.61. The summed E-state index contributed by atoms with van der Waals surface area (Å²) in [6.45, 7) is 7.46. The highest BCUT2D eigenvalue weighted by Crippen LogP contribution is 2.25. The Morgan fingerprint density at radius 2 is 1.71 bits per heavy atom. The van der Waals surface area contributed by atoms with Gasteiger partial charge in [-0.2, -0.15) is 0 Å². The molecule has 1 aromatic heterocycles. The Hall–Kier alpha value is -3.52. The molecule has 0 spiro atoms. The third-order valence-corrected chi connectivity index (χ3v) is 6.30. The molecular weight excluding hydrogens is 440 g/mol. The van der Waals surface area contributed by atoms with Crippen LogP contribution in [0.5, 0.6) is 0 Å². The fraction of sp³-hybridized carbons (Fsp3) is 0.407. The SMILES string of the molecule is CC(C)CC(=O)N1CCCN(C)CCN(C(=O)c2cccc(-n3cnnc3)c2)Cc2ccccc21. The minimum absolute atomic E-state index is 0.0394. The molecule has 4 rings (SSSR count). The molecule has 0 aliphatic carbocycles. The van der Waals surface area contributed by atoms with Crippen molar-refractivity contribution >= 4 is 17.5 Å². The number of hydrogen-bond donors (Lipinski definition) is 0. The molecule has 184 valence electrons. The second-order valence-electron chi connectivity index (χ2n) is 9.58. The Labute approximate surface area is 207 Å². The molecular formula is C27H34N6O2. The third kappa shape index (κ3) is 6.14. The number of carbonyl (C=O) groups excluding carboxylic acids is 2. The number of likely N-dealkylation sites (N-methyl/N-ethyl adjacent to an activating group) is 1. The van der Waals surface area contributed by atoms with E-state index >= 15 is 0 Å². The summed E-state index contributed by atoms with van der Waals surface area (Å²) in [7, 11) is 2.07. The summed E-state index contributed by atoms with van der Waals surface area (Å²) in [4.78, 5) is 33.0. The predicted molar refractivity (Wildman–Crippen MR) is 136 cm³/mol. The zero-order valence-electron chi connectivity index (χ0n) is 20.8. The van der Waals surface area contributed by atoms with Crippen LogP contribution in [0.25, 0.3) is 5.69 Å². The van der Waals surface area contributed by atoms with E-state index in [0.717, 1.165) is 36.4 Å². The maximum Gasteiger partial charge on any atom is 0.254 e. The molecule has 1 aliphatic rings. The largest absolute Gasteiger partial charge is 0.333 e. The fourth-order valence-corrected chi connectivity index (χ4v) is 4.42. The summed E-state index contributed by atoms with van der Waals surface area (Å²) < 4.78 is 1.78. The second kappa shape index (κ2) is 11.3. The van der Waals surface area contributed by atoms with Gasteiger partial charge in [0.05, 0.1) is 0 Å². The summed E-state index contributed by atoms with van der Waals surface area (Å²) in [5, 5.41) is 7.73. The molecule has 1 aliphatic heterocycles. The van der Waals surface area contributed by atoms with Gasteiger partial charge in [0.2, 0.25) is 5.91 Å². The number of benzene rings is 2. The minimum atomic E-state index is -0.0394. The third-order valence-electron chi connectivity index (χ3n) is 6.30. The first-order valence-corrected chi connectivity index (χ1v) is 12.2. The van der Waals surface area contributed by atoms with Crippen LogP contribution in [0.1, 0.15) is 42.6 Å². The molecule has 0 radical (unpaired) electrons. The van der Waals surface area contributed by atoms with Crippen LogP contribution in [-0.2, 0) is 11.3 Å². The molecule has 8 heteroatoms. The molecule has 35 heavy (non-hydrogen) atoms. The summed E-state index contributed by atoms with van der Waals surface area (Å²) in [5.41, 5.74) is 3.33. The van der Waals surface area contributed by atoms with Crippen LogP contribution in [0, 0.1) is 5.92 Å². The van der Waals surface area contributed by atoms with Gasteiger partial charge in [-0.15, -0.1) is 10.2 Å². The van der Waals surface area contributed by atoms with E-state index in [1.165, 1.54) is 0 Å². The highest BCUT2D eigenvalue weighted by molar-refractivity contribution is 5.96. The number of carbonyl (C=O) groups is 2. The van der Waals surface area contributed by atoms with E-state index in [-0.39, 0.29) is 17.7 Å². The highest BCUT2D eigenvalue weighted by atomic mass is 16.2. The van der Waals surface area contributed by atoms with Gasteiger partial charge < -0.3 is 14.7 Å². The van der Waals surface area contributed by atoms with Crippen molar-refractivity contribution < 1.29 is 9.59 Å². The predicted octanol–water partition coefficient (Wildman–Crippen LogP) is 3.62. The molecule has 0 atom stereocenters. The zero-order valence-corrected chi connectivity index (χ0v) is 20.8. The van der Waals surface area contributed by atoms with Crippen LogP contribution < -0.4 is 4.90 Å². The molecule has 8 nitrogen and oxygen atoms in total. The fourth-order valence-electron chi connectivity index (χ4n) is 4.42. The Morgan fingerprint density at radius 3 is 2.49 bits per heavy atom. The van der Waals surface area contributed by atoms with Crippen molar-refractivity contribution in [2.45, 2.75) is 33.2 Å². The molecule has 0 bridgehead atoms. The average Bonchev–Trinajstić information content (AvgIpc) is 3.38. The molecule has 0 saturated heterocycles. The summed E-state index contributed by atoms with van der Waals surface area (Å²) in [5.74, 6) is 0.378. The molecule has 0 unspecified atom stereocenters. The number of aromatic nitrogens is 3. The van der Waals surface area contributed by atoms with Gasteiger partial charge in [0.25, 0.3) is 5.91 Å². The second-order valence-corrected chi connectivity index (χ2v) is 9.58. The number of rotatable bonds is 4. The van der Waals surface area contributed by atoms with E-state index in [1.54, 1.807) is 17.2 Å². The average molecular weight is 475 g/mol. The van der Waals surface area contributed by atoms with Gasteiger partial charge in [0, 0.05) is 49.5 Å². The van der Waals surface area contributed by atoms with Crippen LogP contribution in [0.2, 0.25) is 0 Å². The number of fused-ring (bicyclic) bond motifs is 1. The quantitative estimate of drug-likeness (QED) is 0.577. The molecule has 0 saturated carbocycles. The van der Waals surface area contributed by atoms with Crippen LogP contribution in [0.3, 0.4) is 0 Å². The highest BCUT2D eigenvalue weighted by Gasteiger charge is 2.24. The van der Waals surface area contributed by atoms with Crippen LogP contribution >= 0.6 is 0 Å². The van der Waals surface area contributed by atoms with Gasteiger partial charge >= 0.3 is 0 Å². The number of amides is 2. The van der Waals surface area contributed by atoms with Crippen molar-refractivity contribution in [1.29, 1.82) is 0 Å². The van der Waals surface area contributed by atoms with Crippen molar-refractivity contribution in [3.05, 3.63) is 72.3 Å². The van der Waals surface area contributed by atoms with Crippen LogP contribution in [-0.4, -0.2) is 69.6 Å².